The number of likely N-dealkylation sites (tertiary alicyclic amines) is 1. The molecular weight excluding hydrogens is 374 g/mol. The molecule has 0 spiro atoms. The fourth-order valence-corrected chi connectivity index (χ4v) is 3.64. The Kier molecular flexibility index (Phi) is 6.07. The number of hydrogen-bond donors (Lipinski definition) is 1. The zero-order chi connectivity index (χ0) is 20.4. The lowest BCUT2D eigenvalue weighted by Crippen LogP contribution is -2.43. The topological polar surface area (TPSA) is 32.7 Å². The lowest BCUT2D eigenvalue weighted by atomic mass is 9.83. The Labute approximate surface area is 161 Å². The number of nitrogens with zero attached hydrogens (tertiary/aromatic N) is 1. The predicted molar refractivity (Wildman–Crippen MR) is 97.2 cm³/mol. The quantitative estimate of drug-likeness (QED) is 0.754. The summed E-state index contributed by atoms with van der Waals surface area (Å²) in [6, 6.07) is 11.7. The van der Waals surface area contributed by atoms with Crippen LogP contribution in [0.5, 0.6) is 0 Å². The highest BCUT2D eigenvalue weighted by Gasteiger charge is 2.39. The molecule has 0 aliphatic carbocycles. The van der Waals surface area contributed by atoms with Crippen LogP contribution in [0.1, 0.15) is 35.6 Å². The Balaban J connectivity index is 1.96. The largest absolute Gasteiger partial charge is 0.416 e. The fraction of sp³-hybridized carbons (Fsp3) is 0.429. The second-order valence-corrected chi connectivity index (χ2v) is 7.22. The average Bonchev–Trinajstić information content (AvgIpc) is 2.67. The van der Waals surface area contributed by atoms with Crippen LogP contribution in [0.25, 0.3) is 0 Å². The summed E-state index contributed by atoms with van der Waals surface area (Å²) >= 11 is 0. The van der Waals surface area contributed by atoms with Gasteiger partial charge in [0.05, 0.1) is 17.8 Å². The lowest BCUT2D eigenvalue weighted by Gasteiger charge is -2.43. The Bertz CT molecular complexity index is 787. The minimum Gasteiger partial charge on any atom is -0.393 e. The molecule has 0 radical (unpaired) electrons. The number of alkyl halides is 3. The van der Waals surface area contributed by atoms with Gasteiger partial charge in [-0.25, -0.2) is 4.39 Å². The molecule has 2 aromatic carbocycles. The second kappa shape index (κ2) is 8.19. The van der Waals surface area contributed by atoms with Gasteiger partial charge < -0.3 is 14.7 Å². The third-order valence-electron chi connectivity index (χ3n) is 5.25. The third kappa shape index (κ3) is 4.54. The number of piperidine rings is 1. The molecule has 1 atom stereocenters. The van der Waals surface area contributed by atoms with Crippen molar-refractivity contribution < 1.29 is 27.4 Å². The number of hydrogen-bond acceptors (Lipinski definition) is 3. The van der Waals surface area contributed by atoms with Crippen LogP contribution < -0.4 is 0 Å². The maximum Gasteiger partial charge on any atom is 0.416 e. The van der Waals surface area contributed by atoms with Gasteiger partial charge in [0.1, 0.15) is 11.9 Å². The van der Waals surface area contributed by atoms with E-state index in [1.807, 2.05) is 37.4 Å². The number of halogens is 4. The molecule has 28 heavy (non-hydrogen) atoms. The van der Waals surface area contributed by atoms with Crippen molar-refractivity contribution in [1.82, 2.24) is 4.90 Å². The van der Waals surface area contributed by atoms with Gasteiger partial charge in [-0.05, 0) is 49.2 Å². The molecule has 1 fully saturated rings. The normalized spacial score (nSPS) is 18.8. The molecule has 0 aromatic heterocycles. The Hall–Kier alpha value is -1.96. The van der Waals surface area contributed by atoms with Crippen LogP contribution in [-0.4, -0.2) is 36.8 Å². The van der Waals surface area contributed by atoms with Crippen LogP contribution in [0.15, 0.2) is 48.5 Å². The number of aliphatic hydroxyl groups excluding tert-OH is 1. The zero-order valence-corrected chi connectivity index (χ0v) is 15.5. The summed E-state index contributed by atoms with van der Waals surface area (Å²) in [6.45, 7) is 0.930. The number of benzene rings is 2. The van der Waals surface area contributed by atoms with E-state index >= 15 is 0 Å². The summed E-state index contributed by atoms with van der Waals surface area (Å²) in [4.78, 5) is 2.14. The van der Waals surface area contributed by atoms with Crippen LogP contribution in [-0.2, 0) is 16.5 Å². The van der Waals surface area contributed by atoms with Gasteiger partial charge in [0.15, 0.2) is 0 Å². The molecule has 0 amide bonds. The highest BCUT2D eigenvalue weighted by Crippen LogP contribution is 2.41. The Morgan fingerprint density at radius 3 is 2.32 bits per heavy atom. The maximum absolute atomic E-state index is 13.9. The SMILES string of the molecule is CN1CCC(OC(CO)c2cc(F)cc(C(F)(F)F)c2)(c2ccccc2)CC1. The molecule has 1 saturated heterocycles. The maximum atomic E-state index is 13.9. The van der Waals surface area contributed by atoms with Gasteiger partial charge in [-0.15, -0.1) is 0 Å². The van der Waals surface area contributed by atoms with E-state index in [0.717, 1.165) is 30.8 Å². The van der Waals surface area contributed by atoms with E-state index in [2.05, 4.69) is 4.90 Å². The first-order valence-corrected chi connectivity index (χ1v) is 9.14. The first kappa shape index (κ1) is 20.8. The molecule has 2 aromatic rings. The van der Waals surface area contributed by atoms with Crippen molar-refractivity contribution in [2.45, 2.75) is 30.7 Å². The van der Waals surface area contributed by atoms with E-state index in [1.54, 1.807) is 0 Å². The van der Waals surface area contributed by atoms with E-state index in [9.17, 15) is 22.7 Å². The molecule has 152 valence electrons. The highest BCUT2D eigenvalue weighted by atomic mass is 19.4. The molecule has 3 nitrogen and oxygen atoms in total. The molecule has 0 saturated carbocycles. The van der Waals surface area contributed by atoms with Gasteiger partial charge in [0.25, 0.3) is 0 Å². The van der Waals surface area contributed by atoms with Gasteiger partial charge >= 0.3 is 6.18 Å². The Morgan fingerprint density at radius 1 is 1.11 bits per heavy atom. The summed E-state index contributed by atoms with van der Waals surface area (Å²) in [5, 5.41) is 9.87. The molecule has 1 N–H and O–H groups in total. The van der Waals surface area contributed by atoms with E-state index in [1.165, 1.54) is 0 Å². The lowest BCUT2D eigenvalue weighted by molar-refractivity contribution is -0.144. The van der Waals surface area contributed by atoms with Crippen LogP contribution in [0.2, 0.25) is 0 Å². The molecule has 3 rings (SSSR count). The summed E-state index contributed by atoms with van der Waals surface area (Å²) in [7, 11) is 1.99. The van der Waals surface area contributed by atoms with Gasteiger partial charge in [0.2, 0.25) is 0 Å². The van der Waals surface area contributed by atoms with Gasteiger partial charge in [-0.3, -0.25) is 0 Å². The van der Waals surface area contributed by atoms with Gasteiger partial charge in [-0.2, -0.15) is 13.2 Å². The first-order chi connectivity index (χ1) is 13.2. The number of aliphatic hydroxyl groups is 1. The Morgan fingerprint density at radius 2 is 1.75 bits per heavy atom. The standard InChI is InChI=1S/C21H23F4NO2/c1-26-9-7-20(8-10-26,16-5-3-2-4-6-16)28-19(14-27)15-11-17(21(23,24)25)13-18(22)12-15/h2-6,11-13,19,27H,7-10,14H2,1H3. The summed E-state index contributed by atoms with van der Waals surface area (Å²) in [5.41, 5.74) is -0.981. The fourth-order valence-electron chi connectivity index (χ4n) is 3.64. The predicted octanol–water partition coefficient (Wildman–Crippen LogP) is 4.52. The second-order valence-electron chi connectivity index (χ2n) is 7.22. The van der Waals surface area contributed by atoms with Crippen molar-refractivity contribution in [2.24, 2.45) is 0 Å². The van der Waals surface area contributed by atoms with Crippen LogP contribution >= 0.6 is 0 Å². The molecule has 1 aliphatic rings. The molecule has 7 heteroatoms. The summed E-state index contributed by atoms with van der Waals surface area (Å²) < 4.78 is 59.4. The van der Waals surface area contributed by atoms with Crippen molar-refractivity contribution in [2.75, 3.05) is 26.7 Å². The van der Waals surface area contributed by atoms with Crippen LogP contribution in [0.3, 0.4) is 0 Å². The minimum absolute atomic E-state index is 0.0240. The summed E-state index contributed by atoms with van der Waals surface area (Å²) in [5.74, 6) is -1.01. The number of ether oxygens (including phenoxy) is 1. The average molecular weight is 397 g/mol. The molecular formula is C21H23F4NO2. The van der Waals surface area contributed by atoms with Crippen LogP contribution in [0, 0.1) is 5.82 Å². The zero-order valence-electron chi connectivity index (χ0n) is 15.5. The summed E-state index contributed by atoms with van der Waals surface area (Å²) in [6.07, 6.45) is -4.52. The van der Waals surface area contributed by atoms with E-state index in [4.69, 9.17) is 4.74 Å². The minimum atomic E-state index is -4.68. The van der Waals surface area contributed by atoms with Crippen LogP contribution in [0.4, 0.5) is 17.6 Å². The van der Waals surface area contributed by atoms with Gasteiger partial charge in [0, 0.05) is 13.1 Å². The van der Waals surface area contributed by atoms with E-state index in [-0.39, 0.29) is 5.56 Å². The molecule has 1 heterocycles. The van der Waals surface area contributed by atoms with Crippen molar-refractivity contribution in [3.63, 3.8) is 0 Å². The third-order valence-corrected chi connectivity index (χ3v) is 5.25. The highest BCUT2D eigenvalue weighted by molar-refractivity contribution is 5.30. The first-order valence-electron chi connectivity index (χ1n) is 9.14. The van der Waals surface area contributed by atoms with Crippen molar-refractivity contribution in [3.8, 4) is 0 Å². The molecule has 1 aliphatic heterocycles. The smallest absolute Gasteiger partial charge is 0.393 e. The van der Waals surface area contributed by atoms with E-state index in [0.29, 0.717) is 18.9 Å². The van der Waals surface area contributed by atoms with Crippen molar-refractivity contribution in [1.29, 1.82) is 0 Å². The van der Waals surface area contributed by atoms with E-state index < -0.39 is 35.9 Å². The van der Waals surface area contributed by atoms with Crippen molar-refractivity contribution >= 4 is 0 Å². The molecule has 1 unspecified atom stereocenters. The monoisotopic (exact) mass is 397 g/mol. The van der Waals surface area contributed by atoms with Crippen molar-refractivity contribution in [3.05, 3.63) is 71.0 Å². The molecule has 0 bridgehead atoms. The number of rotatable bonds is 5. The van der Waals surface area contributed by atoms with Gasteiger partial charge in [-0.1, -0.05) is 30.3 Å².